The number of anilines is 2. The van der Waals surface area contributed by atoms with Crippen LogP contribution in [0.3, 0.4) is 0 Å². The average molecular weight is 316 g/mol. The first-order chi connectivity index (χ1) is 11.2. The lowest BCUT2D eigenvalue weighted by molar-refractivity contribution is -0.135. The maximum Gasteiger partial charge on any atom is 0.248 e. The van der Waals surface area contributed by atoms with Crippen LogP contribution in [0.25, 0.3) is 0 Å². The molecule has 1 saturated heterocycles. The number of nitrogens with zero attached hydrogens (tertiary/aromatic N) is 5. The van der Waals surface area contributed by atoms with E-state index < -0.39 is 6.61 Å². The van der Waals surface area contributed by atoms with Gasteiger partial charge < -0.3 is 15.3 Å². The second-order valence-electron chi connectivity index (χ2n) is 5.65. The molecule has 122 valence electrons. The standard InChI is InChI=1S/C15H20N6O2/c1-20-9-12(8-17-20)18-15-16-5-2-13(19-15)11-3-6-21(7-4-11)14(23)10-22/h2,5,8-9,11,22H,3-4,6-7,10H2,1H3,(H,16,18,19). The van der Waals surface area contributed by atoms with Crippen LogP contribution in [-0.4, -0.2) is 55.4 Å². The Bertz CT molecular complexity index is 678. The molecule has 0 spiro atoms. The summed E-state index contributed by atoms with van der Waals surface area (Å²) in [5, 5.41) is 16.2. The van der Waals surface area contributed by atoms with Crippen molar-refractivity contribution < 1.29 is 9.90 Å². The molecule has 1 aliphatic rings. The van der Waals surface area contributed by atoms with Crippen molar-refractivity contribution in [3.05, 3.63) is 30.4 Å². The third-order valence-corrected chi connectivity index (χ3v) is 4.04. The molecule has 0 saturated carbocycles. The number of nitrogens with one attached hydrogen (secondary N) is 1. The number of aryl methyl sites for hydroxylation is 1. The number of hydrogen-bond acceptors (Lipinski definition) is 6. The Morgan fingerprint density at radius 3 is 2.87 bits per heavy atom. The van der Waals surface area contributed by atoms with Gasteiger partial charge in [-0.2, -0.15) is 5.10 Å². The van der Waals surface area contributed by atoms with Gasteiger partial charge in [0, 0.05) is 44.1 Å². The molecule has 2 aromatic heterocycles. The van der Waals surface area contributed by atoms with Gasteiger partial charge in [-0.05, 0) is 18.9 Å². The minimum Gasteiger partial charge on any atom is -0.387 e. The zero-order chi connectivity index (χ0) is 16.2. The molecule has 0 radical (unpaired) electrons. The molecule has 0 unspecified atom stereocenters. The lowest BCUT2D eigenvalue weighted by Crippen LogP contribution is -2.39. The molecule has 1 fully saturated rings. The number of aromatic nitrogens is 4. The second kappa shape index (κ2) is 6.74. The molecular formula is C15H20N6O2. The van der Waals surface area contributed by atoms with E-state index in [-0.39, 0.29) is 5.91 Å². The number of aliphatic hydroxyl groups is 1. The number of carbonyl (C=O) groups is 1. The third kappa shape index (κ3) is 3.65. The van der Waals surface area contributed by atoms with Crippen LogP contribution < -0.4 is 5.32 Å². The van der Waals surface area contributed by atoms with Gasteiger partial charge in [0.15, 0.2) is 0 Å². The van der Waals surface area contributed by atoms with Crippen molar-refractivity contribution in [1.82, 2.24) is 24.6 Å². The Labute approximate surface area is 134 Å². The van der Waals surface area contributed by atoms with Crippen LogP contribution in [0.5, 0.6) is 0 Å². The summed E-state index contributed by atoms with van der Waals surface area (Å²) in [5.41, 5.74) is 1.82. The average Bonchev–Trinajstić information content (AvgIpc) is 2.99. The number of amides is 1. The van der Waals surface area contributed by atoms with E-state index in [4.69, 9.17) is 5.11 Å². The summed E-state index contributed by atoms with van der Waals surface area (Å²) < 4.78 is 1.71. The van der Waals surface area contributed by atoms with E-state index in [0.29, 0.717) is 25.0 Å². The van der Waals surface area contributed by atoms with Crippen molar-refractivity contribution in [3.63, 3.8) is 0 Å². The highest BCUT2D eigenvalue weighted by molar-refractivity contribution is 5.77. The molecule has 1 amide bonds. The first-order valence-electron chi connectivity index (χ1n) is 7.63. The van der Waals surface area contributed by atoms with Gasteiger partial charge in [0.2, 0.25) is 11.9 Å². The minimum absolute atomic E-state index is 0.204. The molecule has 0 aliphatic carbocycles. The SMILES string of the molecule is Cn1cc(Nc2nccc(C3CCN(C(=O)CO)CC3)n2)cn1. The molecule has 1 aliphatic heterocycles. The predicted molar refractivity (Wildman–Crippen MR) is 84.2 cm³/mol. The lowest BCUT2D eigenvalue weighted by Gasteiger charge is -2.31. The van der Waals surface area contributed by atoms with E-state index in [2.05, 4.69) is 20.4 Å². The fourth-order valence-corrected chi connectivity index (χ4v) is 2.80. The smallest absolute Gasteiger partial charge is 0.248 e. The first-order valence-corrected chi connectivity index (χ1v) is 7.63. The lowest BCUT2D eigenvalue weighted by atomic mass is 9.93. The van der Waals surface area contributed by atoms with Gasteiger partial charge in [0.1, 0.15) is 6.61 Å². The Hall–Kier alpha value is -2.48. The fraction of sp³-hybridized carbons (Fsp3) is 0.467. The summed E-state index contributed by atoms with van der Waals surface area (Å²) in [5.74, 6) is 0.643. The summed E-state index contributed by atoms with van der Waals surface area (Å²) in [7, 11) is 1.85. The van der Waals surface area contributed by atoms with Gasteiger partial charge in [-0.3, -0.25) is 9.48 Å². The molecule has 8 nitrogen and oxygen atoms in total. The summed E-state index contributed by atoms with van der Waals surface area (Å²) in [6.07, 6.45) is 7.00. The number of hydrogen-bond donors (Lipinski definition) is 2. The summed E-state index contributed by atoms with van der Waals surface area (Å²) in [6, 6.07) is 1.92. The zero-order valence-electron chi connectivity index (χ0n) is 13.0. The van der Waals surface area contributed by atoms with Gasteiger partial charge in [0.25, 0.3) is 0 Å². The van der Waals surface area contributed by atoms with Crippen LogP contribution in [0.4, 0.5) is 11.6 Å². The predicted octanol–water partition coefficient (Wildman–Crippen LogP) is 0.652. The van der Waals surface area contributed by atoms with Crippen molar-refractivity contribution in [1.29, 1.82) is 0 Å². The molecule has 2 N–H and O–H groups in total. The van der Waals surface area contributed by atoms with Crippen LogP contribution in [0.1, 0.15) is 24.5 Å². The summed E-state index contributed by atoms with van der Waals surface area (Å²) in [6.45, 7) is 0.885. The van der Waals surface area contributed by atoms with Crippen LogP contribution in [-0.2, 0) is 11.8 Å². The van der Waals surface area contributed by atoms with Crippen LogP contribution in [0.2, 0.25) is 0 Å². The second-order valence-corrected chi connectivity index (χ2v) is 5.65. The van der Waals surface area contributed by atoms with Gasteiger partial charge in [-0.15, -0.1) is 0 Å². The molecule has 3 rings (SSSR count). The molecule has 0 atom stereocenters. The third-order valence-electron chi connectivity index (χ3n) is 4.04. The van der Waals surface area contributed by atoms with E-state index in [0.717, 1.165) is 24.2 Å². The quantitative estimate of drug-likeness (QED) is 0.860. The maximum atomic E-state index is 11.5. The van der Waals surface area contributed by atoms with Crippen molar-refractivity contribution >= 4 is 17.5 Å². The van der Waals surface area contributed by atoms with Crippen molar-refractivity contribution in [2.75, 3.05) is 25.0 Å². The van der Waals surface area contributed by atoms with Crippen molar-refractivity contribution in [2.45, 2.75) is 18.8 Å². The van der Waals surface area contributed by atoms with E-state index in [9.17, 15) is 4.79 Å². The van der Waals surface area contributed by atoms with Crippen molar-refractivity contribution in [3.8, 4) is 0 Å². The Morgan fingerprint density at radius 2 is 2.22 bits per heavy atom. The highest BCUT2D eigenvalue weighted by Gasteiger charge is 2.24. The van der Waals surface area contributed by atoms with Crippen LogP contribution >= 0.6 is 0 Å². The monoisotopic (exact) mass is 316 g/mol. The number of rotatable bonds is 4. The number of carbonyl (C=O) groups excluding carboxylic acids is 1. The largest absolute Gasteiger partial charge is 0.387 e. The number of likely N-dealkylation sites (tertiary alicyclic amines) is 1. The topological polar surface area (TPSA) is 96.2 Å². The fourth-order valence-electron chi connectivity index (χ4n) is 2.80. The van der Waals surface area contributed by atoms with E-state index >= 15 is 0 Å². The molecule has 0 aromatic carbocycles. The molecule has 2 aromatic rings. The van der Waals surface area contributed by atoms with Crippen LogP contribution in [0, 0.1) is 0 Å². The molecule has 0 bridgehead atoms. The highest BCUT2D eigenvalue weighted by atomic mass is 16.3. The highest BCUT2D eigenvalue weighted by Crippen LogP contribution is 2.27. The number of piperidine rings is 1. The molecule has 8 heteroatoms. The van der Waals surface area contributed by atoms with Gasteiger partial charge in [-0.1, -0.05) is 0 Å². The Balaban J connectivity index is 1.65. The Kier molecular flexibility index (Phi) is 4.52. The first kappa shape index (κ1) is 15.4. The summed E-state index contributed by atoms with van der Waals surface area (Å²) >= 11 is 0. The summed E-state index contributed by atoms with van der Waals surface area (Å²) in [4.78, 5) is 22.0. The normalized spacial score (nSPS) is 15.7. The van der Waals surface area contributed by atoms with E-state index in [1.54, 1.807) is 22.0 Å². The molecular weight excluding hydrogens is 296 g/mol. The minimum atomic E-state index is -0.419. The molecule has 3 heterocycles. The van der Waals surface area contributed by atoms with Crippen LogP contribution in [0.15, 0.2) is 24.7 Å². The number of aliphatic hydroxyl groups excluding tert-OH is 1. The van der Waals surface area contributed by atoms with Gasteiger partial charge >= 0.3 is 0 Å². The van der Waals surface area contributed by atoms with Crippen molar-refractivity contribution in [2.24, 2.45) is 7.05 Å². The maximum absolute atomic E-state index is 11.5. The molecule has 23 heavy (non-hydrogen) atoms. The van der Waals surface area contributed by atoms with E-state index in [1.165, 1.54) is 0 Å². The van der Waals surface area contributed by atoms with Gasteiger partial charge in [-0.25, -0.2) is 9.97 Å². The zero-order valence-corrected chi connectivity index (χ0v) is 13.0. The van der Waals surface area contributed by atoms with Gasteiger partial charge in [0.05, 0.1) is 11.9 Å². The Morgan fingerprint density at radius 1 is 1.43 bits per heavy atom. The van der Waals surface area contributed by atoms with E-state index in [1.807, 2.05) is 19.3 Å².